The molecule has 1 aliphatic rings. The standard InChI is InChI=1S/C14H20N2O/c1-11(2)8-9-16-13(17)10-15-14(16)12-6-4-3-5-7-12/h3-7,11,14-15H,8-10H2,1-2H3. The highest BCUT2D eigenvalue weighted by atomic mass is 16.2. The summed E-state index contributed by atoms with van der Waals surface area (Å²) in [4.78, 5) is 13.8. The summed E-state index contributed by atoms with van der Waals surface area (Å²) in [7, 11) is 0. The molecule has 0 aromatic heterocycles. The molecule has 0 saturated carbocycles. The zero-order chi connectivity index (χ0) is 12.3. The molecule has 1 atom stereocenters. The normalized spacial score (nSPS) is 20.3. The number of nitrogens with zero attached hydrogens (tertiary/aromatic N) is 1. The summed E-state index contributed by atoms with van der Waals surface area (Å²) in [6, 6.07) is 10.2. The SMILES string of the molecule is CC(C)CCN1C(=O)CNC1c1ccccc1. The average molecular weight is 232 g/mol. The molecule has 3 nitrogen and oxygen atoms in total. The largest absolute Gasteiger partial charge is 0.322 e. The lowest BCUT2D eigenvalue weighted by molar-refractivity contribution is -0.128. The molecule has 0 bridgehead atoms. The molecule has 1 aromatic carbocycles. The van der Waals surface area contributed by atoms with E-state index >= 15 is 0 Å². The number of benzene rings is 1. The minimum absolute atomic E-state index is 0.0578. The molecule has 1 unspecified atom stereocenters. The third kappa shape index (κ3) is 2.86. The van der Waals surface area contributed by atoms with E-state index in [1.54, 1.807) is 0 Å². The van der Waals surface area contributed by atoms with Gasteiger partial charge in [-0.25, -0.2) is 0 Å². The molecule has 0 spiro atoms. The molecule has 0 radical (unpaired) electrons. The molecule has 1 heterocycles. The molecule has 92 valence electrons. The van der Waals surface area contributed by atoms with E-state index in [0.29, 0.717) is 12.5 Å². The Kier molecular flexibility index (Phi) is 3.79. The highest BCUT2D eigenvalue weighted by molar-refractivity contribution is 5.80. The van der Waals surface area contributed by atoms with Crippen LogP contribution in [-0.2, 0) is 4.79 Å². The van der Waals surface area contributed by atoms with E-state index in [4.69, 9.17) is 0 Å². The molecule has 0 aliphatic carbocycles. The number of hydrogen-bond acceptors (Lipinski definition) is 2. The first-order valence-electron chi connectivity index (χ1n) is 6.26. The fourth-order valence-electron chi connectivity index (χ4n) is 2.12. The highest BCUT2D eigenvalue weighted by Crippen LogP contribution is 2.22. The number of carbonyl (C=O) groups excluding carboxylic acids is 1. The second-order valence-electron chi connectivity index (χ2n) is 4.96. The van der Waals surface area contributed by atoms with E-state index in [2.05, 4.69) is 31.3 Å². The van der Waals surface area contributed by atoms with Crippen molar-refractivity contribution in [2.75, 3.05) is 13.1 Å². The van der Waals surface area contributed by atoms with Gasteiger partial charge in [-0.2, -0.15) is 0 Å². The Morgan fingerprint density at radius 1 is 1.35 bits per heavy atom. The van der Waals surface area contributed by atoms with Crippen LogP contribution in [0.3, 0.4) is 0 Å². The summed E-state index contributed by atoms with van der Waals surface area (Å²) in [5.41, 5.74) is 1.17. The minimum Gasteiger partial charge on any atom is -0.322 e. The highest BCUT2D eigenvalue weighted by Gasteiger charge is 2.30. The van der Waals surface area contributed by atoms with Crippen LogP contribution in [0.25, 0.3) is 0 Å². The van der Waals surface area contributed by atoms with Crippen LogP contribution < -0.4 is 5.32 Å². The first-order chi connectivity index (χ1) is 8.18. The van der Waals surface area contributed by atoms with E-state index in [9.17, 15) is 4.79 Å². The summed E-state index contributed by atoms with van der Waals surface area (Å²) in [6.45, 7) is 5.66. The Balaban J connectivity index is 2.08. The van der Waals surface area contributed by atoms with Gasteiger partial charge in [-0.15, -0.1) is 0 Å². The van der Waals surface area contributed by atoms with Crippen LogP contribution in [0.2, 0.25) is 0 Å². The second kappa shape index (κ2) is 5.32. The lowest BCUT2D eigenvalue weighted by Crippen LogP contribution is -2.31. The van der Waals surface area contributed by atoms with Crippen LogP contribution in [0.4, 0.5) is 0 Å². The predicted octanol–water partition coefficient (Wildman–Crippen LogP) is 2.16. The van der Waals surface area contributed by atoms with Crippen molar-refractivity contribution in [1.82, 2.24) is 10.2 Å². The molecular weight excluding hydrogens is 212 g/mol. The van der Waals surface area contributed by atoms with Crippen molar-refractivity contribution in [2.45, 2.75) is 26.4 Å². The Morgan fingerprint density at radius 2 is 2.06 bits per heavy atom. The lowest BCUT2D eigenvalue weighted by Gasteiger charge is -2.25. The molecular formula is C14H20N2O. The van der Waals surface area contributed by atoms with Gasteiger partial charge in [0.15, 0.2) is 0 Å². The topological polar surface area (TPSA) is 32.3 Å². The zero-order valence-electron chi connectivity index (χ0n) is 10.5. The molecule has 3 heteroatoms. The van der Waals surface area contributed by atoms with Crippen LogP contribution in [0.5, 0.6) is 0 Å². The Labute approximate surface area is 103 Å². The van der Waals surface area contributed by atoms with Crippen LogP contribution >= 0.6 is 0 Å². The number of rotatable bonds is 4. The maximum Gasteiger partial charge on any atom is 0.238 e. The number of hydrogen-bond donors (Lipinski definition) is 1. The summed E-state index contributed by atoms with van der Waals surface area (Å²) in [5, 5.41) is 3.27. The number of carbonyl (C=O) groups is 1. The molecule has 1 aromatic rings. The molecule has 17 heavy (non-hydrogen) atoms. The van der Waals surface area contributed by atoms with Crippen molar-refractivity contribution in [1.29, 1.82) is 0 Å². The van der Waals surface area contributed by atoms with Gasteiger partial charge in [-0.1, -0.05) is 44.2 Å². The lowest BCUT2D eigenvalue weighted by atomic mass is 10.1. The van der Waals surface area contributed by atoms with Gasteiger partial charge in [0.2, 0.25) is 5.91 Å². The van der Waals surface area contributed by atoms with Gasteiger partial charge in [0, 0.05) is 6.54 Å². The van der Waals surface area contributed by atoms with Gasteiger partial charge in [-0.05, 0) is 17.9 Å². The monoisotopic (exact) mass is 232 g/mol. The Bertz CT molecular complexity index is 375. The second-order valence-corrected chi connectivity index (χ2v) is 4.96. The maximum absolute atomic E-state index is 11.8. The van der Waals surface area contributed by atoms with E-state index in [1.807, 2.05) is 23.1 Å². The first-order valence-corrected chi connectivity index (χ1v) is 6.26. The van der Waals surface area contributed by atoms with E-state index < -0.39 is 0 Å². The summed E-state index contributed by atoms with van der Waals surface area (Å²) < 4.78 is 0. The van der Waals surface area contributed by atoms with Crippen LogP contribution in [0.15, 0.2) is 30.3 Å². The summed E-state index contributed by atoms with van der Waals surface area (Å²) in [6.07, 6.45) is 1.11. The third-order valence-electron chi connectivity index (χ3n) is 3.14. The third-order valence-corrected chi connectivity index (χ3v) is 3.14. The minimum atomic E-state index is 0.0578. The van der Waals surface area contributed by atoms with Crippen molar-refractivity contribution in [3.63, 3.8) is 0 Å². The molecule has 2 rings (SSSR count). The molecule has 1 fully saturated rings. The van der Waals surface area contributed by atoms with Gasteiger partial charge >= 0.3 is 0 Å². The first kappa shape index (κ1) is 12.1. The van der Waals surface area contributed by atoms with Gasteiger partial charge in [0.25, 0.3) is 0 Å². The summed E-state index contributed by atoms with van der Waals surface area (Å²) >= 11 is 0. The van der Waals surface area contributed by atoms with E-state index in [0.717, 1.165) is 13.0 Å². The number of amides is 1. The van der Waals surface area contributed by atoms with Crippen molar-refractivity contribution < 1.29 is 4.79 Å². The Morgan fingerprint density at radius 3 is 2.71 bits per heavy atom. The van der Waals surface area contributed by atoms with Crippen molar-refractivity contribution in [2.24, 2.45) is 5.92 Å². The van der Waals surface area contributed by atoms with E-state index in [-0.39, 0.29) is 12.1 Å². The summed E-state index contributed by atoms with van der Waals surface area (Å²) in [5.74, 6) is 0.833. The van der Waals surface area contributed by atoms with Gasteiger partial charge in [0.05, 0.1) is 6.54 Å². The molecule has 1 amide bonds. The predicted molar refractivity (Wildman–Crippen MR) is 68.4 cm³/mol. The fourth-order valence-corrected chi connectivity index (χ4v) is 2.12. The average Bonchev–Trinajstić information content (AvgIpc) is 2.69. The van der Waals surface area contributed by atoms with E-state index in [1.165, 1.54) is 5.56 Å². The fraction of sp³-hybridized carbons (Fsp3) is 0.500. The number of nitrogens with one attached hydrogen (secondary N) is 1. The molecule has 1 saturated heterocycles. The smallest absolute Gasteiger partial charge is 0.238 e. The van der Waals surface area contributed by atoms with Crippen molar-refractivity contribution in [3.8, 4) is 0 Å². The van der Waals surface area contributed by atoms with Crippen LogP contribution in [-0.4, -0.2) is 23.9 Å². The maximum atomic E-state index is 11.8. The van der Waals surface area contributed by atoms with Gasteiger partial charge in [-0.3, -0.25) is 10.1 Å². The van der Waals surface area contributed by atoms with Gasteiger partial charge < -0.3 is 4.90 Å². The van der Waals surface area contributed by atoms with Crippen molar-refractivity contribution >= 4 is 5.91 Å². The molecule has 1 aliphatic heterocycles. The van der Waals surface area contributed by atoms with Crippen LogP contribution in [0.1, 0.15) is 32.0 Å². The quantitative estimate of drug-likeness (QED) is 0.862. The Hall–Kier alpha value is -1.35. The van der Waals surface area contributed by atoms with Crippen LogP contribution in [0, 0.1) is 5.92 Å². The molecule has 1 N–H and O–H groups in total. The van der Waals surface area contributed by atoms with Gasteiger partial charge in [0.1, 0.15) is 6.17 Å². The zero-order valence-corrected chi connectivity index (χ0v) is 10.5. The van der Waals surface area contributed by atoms with Crippen molar-refractivity contribution in [3.05, 3.63) is 35.9 Å².